The number of benzene rings is 2. The zero-order valence-electron chi connectivity index (χ0n) is 13.1. The molecular weight excluding hydrogens is 377 g/mol. The zero-order valence-corrected chi connectivity index (χ0v) is 14.7. The van der Waals surface area contributed by atoms with Crippen LogP contribution in [0.1, 0.15) is 35.3 Å². The van der Waals surface area contributed by atoms with E-state index in [1.807, 2.05) is 19.1 Å². The fourth-order valence-electron chi connectivity index (χ4n) is 2.49. The number of nitrogens with one attached hydrogen (secondary N) is 1. The normalized spacial score (nSPS) is 14.6. The highest BCUT2D eigenvalue weighted by Gasteiger charge is 2.19. The molecule has 0 saturated carbocycles. The fraction of sp³-hybridized carbons (Fsp3) is 0.278. The molecule has 4 nitrogen and oxygen atoms in total. The highest BCUT2D eigenvalue weighted by molar-refractivity contribution is 9.10. The van der Waals surface area contributed by atoms with Gasteiger partial charge in [-0.3, -0.25) is 4.79 Å². The molecule has 0 bridgehead atoms. The summed E-state index contributed by atoms with van der Waals surface area (Å²) >= 11 is 3.52. The van der Waals surface area contributed by atoms with Gasteiger partial charge in [0.1, 0.15) is 5.82 Å². The van der Waals surface area contributed by atoms with Crippen molar-refractivity contribution in [1.29, 1.82) is 0 Å². The van der Waals surface area contributed by atoms with Gasteiger partial charge in [0.25, 0.3) is 5.91 Å². The van der Waals surface area contributed by atoms with Crippen LogP contribution in [0.15, 0.2) is 40.9 Å². The van der Waals surface area contributed by atoms with E-state index in [4.69, 9.17) is 9.47 Å². The first kappa shape index (κ1) is 16.8. The summed E-state index contributed by atoms with van der Waals surface area (Å²) in [4.78, 5) is 12.3. The van der Waals surface area contributed by atoms with E-state index in [-0.39, 0.29) is 17.8 Å². The van der Waals surface area contributed by atoms with Gasteiger partial charge >= 0.3 is 0 Å². The van der Waals surface area contributed by atoms with Crippen LogP contribution in [0.3, 0.4) is 0 Å². The van der Waals surface area contributed by atoms with Gasteiger partial charge in [0, 0.05) is 16.5 Å². The van der Waals surface area contributed by atoms with E-state index >= 15 is 0 Å². The monoisotopic (exact) mass is 393 g/mol. The summed E-state index contributed by atoms with van der Waals surface area (Å²) in [6, 6.07) is 8.93. The molecule has 0 fully saturated rings. The number of carbonyl (C=O) groups excluding carboxylic acids is 1. The van der Waals surface area contributed by atoms with E-state index in [2.05, 4.69) is 21.2 Å². The summed E-state index contributed by atoms with van der Waals surface area (Å²) in [6.45, 7) is 3.10. The van der Waals surface area contributed by atoms with Crippen molar-refractivity contribution in [2.45, 2.75) is 19.4 Å². The Kier molecular flexibility index (Phi) is 5.04. The number of ether oxygens (including phenoxy) is 2. The van der Waals surface area contributed by atoms with Gasteiger partial charge in [0.05, 0.1) is 19.3 Å². The quantitative estimate of drug-likeness (QED) is 0.847. The minimum Gasteiger partial charge on any atom is -0.490 e. The Bertz CT molecular complexity index is 749. The van der Waals surface area contributed by atoms with Crippen LogP contribution in [0, 0.1) is 5.82 Å². The van der Waals surface area contributed by atoms with Gasteiger partial charge in [-0.1, -0.05) is 15.9 Å². The van der Waals surface area contributed by atoms with Gasteiger partial charge in [0.2, 0.25) is 0 Å². The molecule has 0 aliphatic carbocycles. The Morgan fingerprint density at radius 1 is 1.17 bits per heavy atom. The molecule has 2 aromatic carbocycles. The Hall–Kier alpha value is -2.08. The Balaban J connectivity index is 1.79. The number of hydrogen-bond acceptors (Lipinski definition) is 3. The van der Waals surface area contributed by atoms with E-state index < -0.39 is 0 Å². The van der Waals surface area contributed by atoms with Gasteiger partial charge in [-0.15, -0.1) is 0 Å². The van der Waals surface area contributed by atoms with E-state index in [1.165, 1.54) is 24.3 Å². The van der Waals surface area contributed by atoms with Crippen molar-refractivity contribution in [3.8, 4) is 11.5 Å². The smallest absolute Gasteiger partial charge is 0.251 e. The maximum Gasteiger partial charge on any atom is 0.251 e. The Morgan fingerprint density at radius 2 is 1.79 bits per heavy atom. The first-order valence-electron chi connectivity index (χ1n) is 7.70. The predicted molar refractivity (Wildman–Crippen MR) is 92.0 cm³/mol. The third-order valence-corrected chi connectivity index (χ3v) is 4.47. The molecule has 1 aliphatic heterocycles. The van der Waals surface area contributed by atoms with Crippen LogP contribution >= 0.6 is 15.9 Å². The van der Waals surface area contributed by atoms with Crippen molar-refractivity contribution in [3.05, 3.63) is 57.8 Å². The second-order valence-corrected chi connectivity index (χ2v) is 6.43. The standard InChI is InChI=1S/C18H17BrFNO3/c1-11(21-18(22)12-3-5-13(20)6-4-12)14-9-16-17(10-15(14)19)24-8-2-7-23-16/h3-6,9-11H,2,7-8H2,1H3,(H,21,22)/t11-/m1/s1. The van der Waals surface area contributed by atoms with Gasteiger partial charge in [-0.05, 0) is 48.9 Å². The first-order chi connectivity index (χ1) is 11.5. The highest BCUT2D eigenvalue weighted by atomic mass is 79.9. The van der Waals surface area contributed by atoms with Gasteiger partial charge in [-0.2, -0.15) is 0 Å². The number of hydrogen-bond donors (Lipinski definition) is 1. The molecule has 0 unspecified atom stereocenters. The summed E-state index contributed by atoms with van der Waals surface area (Å²) in [7, 11) is 0. The number of halogens is 2. The molecule has 1 aliphatic rings. The summed E-state index contributed by atoms with van der Waals surface area (Å²) in [5, 5.41) is 2.91. The third kappa shape index (κ3) is 3.70. The highest BCUT2D eigenvalue weighted by Crippen LogP contribution is 2.37. The van der Waals surface area contributed by atoms with Gasteiger partial charge < -0.3 is 14.8 Å². The van der Waals surface area contributed by atoms with Crippen LogP contribution in [0.2, 0.25) is 0 Å². The van der Waals surface area contributed by atoms with E-state index in [0.717, 1.165) is 16.5 Å². The number of amides is 1. The van der Waals surface area contributed by atoms with Crippen LogP contribution in [0.4, 0.5) is 4.39 Å². The predicted octanol–water partition coefficient (Wildman–Crippen LogP) is 4.24. The number of carbonyl (C=O) groups is 1. The average Bonchev–Trinajstić information content (AvgIpc) is 2.79. The van der Waals surface area contributed by atoms with Crippen molar-refractivity contribution in [2.75, 3.05) is 13.2 Å². The second-order valence-electron chi connectivity index (χ2n) is 5.57. The average molecular weight is 394 g/mol. The molecular formula is C18H17BrFNO3. The number of fused-ring (bicyclic) bond motifs is 1. The van der Waals surface area contributed by atoms with E-state index in [9.17, 15) is 9.18 Å². The van der Waals surface area contributed by atoms with Gasteiger partial charge in [0.15, 0.2) is 11.5 Å². The lowest BCUT2D eigenvalue weighted by molar-refractivity contribution is 0.0939. The van der Waals surface area contributed by atoms with Crippen molar-refractivity contribution in [3.63, 3.8) is 0 Å². The lowest BCUT2D eigenvalue weighted by atomic mass is 10.1. The number of rotatable bonds is 3. The Labute approximate surface area is 148 Å². The van der Waals surface area contributed by atoms with Crippen LogP contribution in [0.25, 0.3) is 0 Å². The van der Waals surface area contributed by atoms with E-state index in [1.54, 1.807) is 0 Å². The maximum absolute atomic E-state index is 13.0. The SMILES string of the molecule is C[C@@H](NC(=O)c1ccc(F)cc1)c1cc2c(cc1Br)OCCCO2. The molecule has 0 saturated heterocycles. The summed E-state index contributed by atoms with van der Waals surface area (Å²) in [5.41, 5.74) is 1.29. The van der Waals surface area contributed by atoms with Crippen LogP contribution < -0.4 is 14.8 Å². The summed E-state index contributed by atoms with van der Waals surface area (Å²) < 4.78 is 25.1. The minimum absolute atomic E-state index is 0.255. The maximum atomic E-state index is 13.0. The second kappa shape index (κ2) is 7.21. The molecule has 1 heterocycles. The zero-order chi connectivity index (χ0) is 17.1. The molecule has 126 valence electrons. The Morgan fingerprint density at radius 3 is 2.46 bits per heavy atom. The molecule has 0 aromatic heterocycles. The largest absolute Gasteiger partial charge is 0.490 e. The fourth-order valence-corrected chi connectivity index (χ4v) is 3.16. The van der Waals surface area contributed by atoms with Crippen LogP contribution in [-0.2, 0) is 0 Å². The van der Waals surface area contributed by atoms with Crippen LogP contribution in [0.5, 0.6) is 11.5 Å². The lowest BCUT2D eigenvalue weighted by Gasteiger charge is -2.18. The molecule has 1 atom stereocenters. The summed E-state index contributed by atoms with van der Waals surface area (Å²) in [5.74, 6) is 0.737. The minimum atomic E-state index is -0.370. The first-order valence-corrected chi connectivity index (χ1v) is 8.49. The van der Waals surface area contributed by atoms with Crippen molar-refractivity contribution >= 4 is 21.8 Å². The van der Waals surface area contributed by atoms with Crippen LogP contribution in [-0.4, -0.2) is 19.1 Å². The van der Waals surface area contributed by atoms with Crippen molar-refractivity contribution in [1.82, 2.24) is 5.32 Å². The molecule has 3 rings (SSSR count). The third-order valence-electron chi connectivity index (χ3n) is 3.79. The topological polar surface area (TPSA) is 47.6 Å². The molecule has 2 aromatic rings. The molecule has 1 N–H and O–H groups in total. The molecule has 6 heteroatoms. The molecule has 24 heavy (non-hydrogen) atoms. The van der Waals surface area contributed by atoms with Crippen molar-refractivity contribution in [2.24, 2.45) is 0 Å². The van der Waals surface area contributed by atoms with Gasteiger partial charge in [-0.25, -0.2) is 4.39 Å². The summed E-state index contributed by atoms with van der Waals surface area (Å²) in [6.07, 6.45) is 0.832. The molecule has 0 radical (unpaired) electrons. The lowest BCUT2D eigenvalue weighted by Crippen LogP contribution is -2.26. The molecule has 1 amide bonds. The van der Waals surface area contributed by atoms with Crippen molar-refractivity contribution < 1.29 is 18.7 Å². The van der Waals surface area contributed by atoms with E-state index in [0.29, 0.717) is 30.3 Å². The molecule has 0 spiro atoms.